The highest BCUT2D eigenvalue weighted by Gasteiger charge is 2.19. The lowest BCUT2D eigenvalue weighted by atomic mass is 10.3. The molecule has 0 saturated carbocycles. The molecule has 0 spiro atoms. The Morgan fingerprint density at radius 2 is 2.18 bits per heavy atom. The highest BCUT2D eigenvalue weighted by Crippen LogP contribution is 2.22. The van der Waals surface area contributed by atoms with Gasteiger partial charge in [0.2, 0.25) is 0 Å². The van der Waals surface area contributed by atoms with Crippen LogP contribution >= 0.6 is 11.3 Å². The molecule has 2 heterocycles. The number of nitrogens with one attached hydrogen (secondary N) is 1. The summed E-state index contributed by atoms with van der Waals surface area (Å²) in [6.07, 6.45) is 0. The summed E-state index contributed by atoms with van der Waals surface area (Å²) in [4.78, 5) is 16.2. The normalized spacial score (nSPS) is 17.9. The monoisotopic (exact) mass is 254 g/mol. The molecule has 1 fully saturated rings. The maximum atomic E-state index is 12.0. The number of carbonyl (C=O) groups excluding carboxylic acids is 1. The van der Waals surface area contributed by atoms with Gasteiger partial charge in [0.05, 0.1) is 19.3 Å². The summed E-state index contributed by atoms with van der Waals surface area (Å²) < 4.78 is 5.22. The molecule has 94 valence electrons. The molecule has 1 aliphatic rings. The Morgan fingerprint density at radius 3 is 2.76 bits per heavy atom. The zero-order valence-electron chi connectivity index (χ0n) is 10.2. The van der Waals surface area contributed by atoms with Gasteiger partial charge in [-0.3, -0.25) is 0 Å². The van der Waals surface area contributed by atoms with Gasteiger partial charge in [-0.05, 0) is 26.0 Å². The van der Waals surface area contributed by atoms with Crippen molar-refractivity contribution in [1.82, 2.24) is 10.2 Å². The first-order chi connectivity index (χ1) is 8.16. The van der Waals surface area contributed by atoms with Gasteiger partial charge in [0.15, 0.2) is 0 Å². The van der Waals surface area contributed by atoms with Gasteiger partial charge >= 0.3 is 6.03 Å². The molecule has 1 unspecified atom stereocenters. The first-order valence-electron chi connectivity index (χ1n) is 5.86. The van der Waals surface area contributed by atoms with E-state index in [0.717, 1.165) is 0 Å². The van der Waals surface area contributed by atoms with E-state index in [-0.39, 0.29) is 12.1 Å². The van der Waals surface area contributed by atoms with Crippen LogP contribution in [0.2, 0.25) is 0 Å². The molecule has 2 amide bonds. The number of hydrogen-bond acceptors (Lipinski definition) is 3. The van der Waals surface area contributed by atoms with Gasteiger partial charge in [-0.25, -0.2) is 4.79 Å². The van der Waals surface area contributed by atoms with E-state index in [1.54, 1.807) is 16.2 Å². The molecule has 2 rings (SSSR count). The van der Waals surface area contributed by atoms with Crippen molar-refractivity contribution in [3.63, 3.8) is 0 Å². The van der Waals surface area contributed by atoms with E-state index in [4.69, 9.17) is 4.74 Å². The smallest absolute Gasteiger partial charge is 0.318 e. The second-order valence-corrected chi connectivity index (χ2v) is 5.54. The van der Waals surface area contributed by atoms with Crippen molar-refractivity contribution in [1.29, 1.82) is 0 Å². The van der Waals surface area contributed by atoms with Crippen molar-refractivity contribution in [3.8, 4) is 0 Å². The predicted molar refractivity (Wildman–Crippen MR) is 68.4 cm³/mol. The molecule has 1 N–H and O–H groups in total. The summed E-state index contributed by atoms with van der Waals surface area (Å²) in [6, 6.07) is 4.23. The lowest BCUT2D eigenvalue weighted by molar-refractivity contribution is 0.0526. The maximum Gasteiger partial charge on any atom is 0.318 e. The average molecular weight is 254 g/mol. The minimum absolute atomic E-state index is 0.00635. The van der Waals surface area contributed by atoms with Crippen molar-refractivity contribution in [2.45, 2.75) is 19.9 Å². The van der Waals surface area contributed by atoms with Crippen LogP contribution in [0.3, 0.4) is 0 Å². The Hall–Kier alpha value is -1.07. The minimum Gasteiger partial charge on any atom is -0.378 e. The van der Waals surface area contributed by atoms with Crippen LogP contribution in [0.4, 0.5) is 4.79 Å². The third-order valence-electron chi connectivity index (χ3n) is 2.83. The van der Waals surface area contributed by atoms with Crippen LogP contribution in [0.25, 0.3) is 0 Å². The quantitative estimate of drug-likeness (QED) is 0.878. The summed E-state index contributed by atoms with van der Waals surface area (Å²) in [6.45, 7) is 6.73. The number of aryl methyl sites for hydroxylation is 1. The van der Waals surface area contributed by atoms with Gasteiger partial charge in [0.25, 0.3) is 0 Å². The highest BCUT2D eigenvalue weighted by molar-refractivity contribution is 7.12. The second kappa shape index (κ2) is 5.51. The Morgan fingerprint density at radius 1 is 1.47 bits per heavy atom. The van der Waals surface area contributed by atoms with Crippen molar-refractivity contribution in [3.05, 3.63) is 21.9 Å². The molecular formula is C12H18N2O2S. The number of ether oxygens (including phenoxy) is 1. The Labute approximate surface area is 106 Å². The van der Waals surface area contributed by atoms with Gasteiger partial charge in [-0.1, -0.05) is 0 Å². The van der Waals surface area contributed by atoms with Crippen molar-refractivity contribution in [2.75, 3.05) is 26.3 Å². The molecular weight excluding hydrogens is 236 g/mol. The number of thiophene rings is 1. The third-order valence-corrected chi connectivity index (χ3v) is 4.01. The highest BCUT2D eigenvalue weighted by atomic mass is 32.1. The van der Waals surface area contributed by atoms with E-state index in [1.165, 1.54) is 9.75 Å². The number of rotatable bonds is 2. The van der Waals surface area contributed by atoms with Crippen LogP contribution in [0.1, 0.15) is 22.7 Å². The molecule has 5 heteroatoms. The van der Waals surface area contributed by atoms with Gasteiger partial charge in [0, 0.05) is 22.8 Å². The molecule has 0 aromatic carbocycles. The standard InChI is InChI=1S/C12H18N2O2S/c1-9-3-4-11(17-9)10(2)13-12(15)14-5-7-16-8-6-14/h3-4,10H,5-8H2,1-2H3,(H,13,15). The Kier molecular flexibility index (Phi) is 4.02. The molecule has 1 aromatic rings. The molecule has 1 atom stereocenters. The number of hydrogen-bond donors (Lipinski definition) is 1. The Balaban J connectivity index is 1.89. The number of urea groups is 1. The van der Waals surface area contributed by atoms with Crippen LogP contribution < -0.4 is 5.32 Å². The second-order valence-electron chi connectivity index (χ2n) is 4.22. The van der Waals surface area contributed by atoms with Crippen molar-refractivity contribution < 1.29 is 9.53 Å². The summed E-state index contributed by atoms with van der Waals surface area (Å²) in [5.41, 5.74) is 0. The summed E-state index contributed by atoms with van der Waals surface area (Å²) >= 11 is 1.73. The van der Waals surface area contributed by atoms with Gasteiger partial charge in [0.1, 0.15) is 0 Å². The SMILES string of the molecule is Cc1ccc(C(C)NC(=O)N2CCOCC2)s1. The molecule has 0 bridgehead atoms. The van der Waals surface area contributed by atoms with Crippen LogP contribution in [0.15, 0.2) is 12.1 Å². The fourth-order valence-corrected chi connectivity index (χ4v) is 2.68. The van der Waals surface area contributed by atoms with Gasteiger partial charge < -0.3 is 15.0 Å². The molecule has 0 aliphatic carbocycles. The lowest BCUT2D eigenvalue weighted by Crippen LogP contribution is -2.46. The van der Waals surface area contributed by atoms with Crippen LogP contribution in [-0.4, -0.2) is 37.2 Å². The zero-order valence-corrected chi connectivity index (χ0v) is 11.0. The minimum atomic E-state index is 0.00635. The lowest BCUT2D eigenvalue weighted by Gasteiger charge is -2.28. The summed E-state index contributed by atoms with van der Waals surface area (Å²) in [7, 11) is 0. The van der Waals surface area contributed by atoms with E-state index >= 15 is 0 Å². The van der Waals surface area contributed by atoms with E-state index in [9.17, 15) is 4.79 Å². The number of amides is 2. The van der Waals surface area contributed by atoms with Crippen molar-refractivity contribution in [2.24, 2.45) is 0 Å². The average Bonchev–Trinajstić information content (AvgIpc) is 2.77. The van der Waals surface area contributed by atoms with E-state index < -0.39 is 0 Å². The van der Waals surface area contributed by atoms with E-state index in [1.807, 2.05) is 6.92 Å². The zero-order chi connectivity index (χ0) is 12.3. The molecule has 17 heavy (non-hydrogen) atoms. The molecule has 0 radical (unpaired) electrons. The third kappa shape index (κ3) is 3.20. The van der Waals surface area contributed by atoms with E-state index in [2.05, 4.69) is 24.4 Å². The van der Waals surface area contributed by atoms with Crippen LogP contribution in [0, 0.1) is 6.92 Å². The summed E-state index contributed by atoms with van der Waals surface area (Å²) in [5, 5.41) is 3.02. The van der Waals surface area contributed by atoms with Crippen molar-refractivity contribution >= 4 is 17.4 Å². The fraction of sp³-hybridized carbons (Fsp3) is 0.583. The summed E-state index contributed by atoms with van der Waals surface area (Å²) in [5.74, 6) is 0. The molecule has 1 saturated heterocycles. The molecule has 4 nitrogen and oxygen atoms in total. The topological polar surface area (TPSA) is 41.6 Å². The number of morpholine rings is 1. The maximum absolute atomic E-state index is 12.0. The first-order valence-corrected chi connectivity index (χ1v) is 6.68. The number of nitrogens with zero attached hydrogens (tertiary/aromatic N) is 1. The predicted octanol–water partition coefficient (Wildman–Crippen LogP) is 2.16. The van der Waals surface area contributed by atoms with Crippen LogP contribution in [0.5, 0.6) is 0 Å². The number of carbonyl (C=O) groups is 1. The van der Waals surface area contributed by atoms with Gasteiger partial charge in [-0.15, -0.1) is 11.3 Å². The van der Waals surface area contributed by atoms with Gasteiger partial charge in [-0.2, -0.15) is 0 Å². The van der Waals surface area contributed by atoms with E-state index in [0.29, 0.717) is 26.3 Å². The largest absolute Gasteiger partial charge is 0.378 e. The molecule has 1 aromatic heterocycles. The Bertz CT molecular complexity index is 386. The van der Waals surface area contributed by atoms with Crippen LogP contribution in [-0.2, 0) is 4.74 Å². The first kappa shape index (κ1) is 12.4. The fourth-order valence-electron chi connectivity index (χ4n) is 1.80. The molecule has 1 aliphatic heterocycles.